The highest BCUT2D eigenvalue weighted by molar-refractivity contribution is 4.88. The number of aromatic amines is 1. The average Bonchev–Trinajstić information content (AvgIpc) is 2.78. The number of imidazole rings is 1. The average molecular weight is 249 g/mol. The number of rotatable bonds is 6. The lowest BCUT2D eigenvalue weighted by molar-refractivity contribution is 0.410. The van der Waals surface area contributed by atoms with Crippen LogP contribution >= 0.6 is 0 Å². The summed E-state index contributed by atoms with van der Waals surface area (Å²) < 4.78 is 0. The molecule has 3 heteroatoms. The zero-order valence-electron chi connectivity index (χ0n) is 11.6. The first-order valence-corrected chi connectivity index (χ1v) is 7.60. The minimum atomic E-state index is 0.738. The van der Waals surface area contributed by atoms with Gasteiger partial charge in [-0.3, -0.25) is 0 Å². The van der Waals surface area contributed by atoms with Crippen LogP contribution in [0.2, 0.25) is 0 Å². The first-order valence-electron chi connectivity index (χ1n) is 7.60. The van der Waals surface area contributed by atoms with Crippen molar-refractivity contribution in [2.24, 2.45) is 5.92 Å². The standard InChI is InChI=1S/C15H27N3/c1-2-4-13-5-3-6-14(8-7-13)16-10-9-15-17-11-12-18-15/h11-14,16H,2-10H2,1H3,(H,17,18). The van der Waals surface area contributed by atoms with Crippen LogP contribution in [-0.2, 0) is 6.42 Å². The molecule has 102 valence electrons. The summed E-state index contributed by atoms with van der Waals surface area (Å²) in [4.78, 5) is 7.42. The van der Waals surface area contributed by atoms with Gasteiger partial charge in [-0.05, 0) is 25.2 Å². The van der Waals surface area contributed by atoms with Crippen LogP contribution in [0.1, 0.15) is 57.7 Å². The Kier molecular flexibility index (Phi) is 5.72. The minimum absolute atomic E-state index is 0.738. The number of hydrogen-bond donors (Lipinski definition) is 2. The molecule has 1 saturated carbocycles. The summed E-state index contributed by atoms with van der Waals surface area (Å²) in [5, 5.41) is 3.70. The highest BCUT2D eigenvalue weighted by Gasteiger charge is 2.17. The van der Waals surface area contributed by atoms with Crippen molar-refractivity contribution in [1.82, 2.24) is 15.3 Å². The Bertz CT molecular complexity index is 308. The van der Waals surface area contributed by atoms with E-state index >= 15 is 0 Å². The fraction of sp³-hybridized carbons (Fsp3) is 0.800. The first-order chi connectivity index (χ1) is 8.88. The molecule has 1 aliphatic carbocycles. The molecule has 0 bridgehead atoms. The summed E-state index contributed by atoms with van der Waals surface area (Å²) >= 11 is 0. The molecule has 0 aromatic carbocycles. The van der Waals surface area contributed by atoms with E-state index in [0.29, 0.717) is 0 Å². The maximum Gasteiger partial charge on any atom is 0.107 e. The summed E-state index contributed by atoms with van der Waals surface area (Å²) in [6, 6.07) is 0.738. The Morgan fingerprint density at radius 1 is 1.33 bits per heavy atom. The van der Waals surface area contributed by atoms with Crippen molar-refractivity contribution >= 4 is 0 Å². The van der Waals surface area contributed by atoms with Crippen molar-refractivity contribution in [3.8, 4) is 0 Å². The van der Waals surface area contributed by atoms with Gasteiger partial charge in [0.15, 0.2) is 0 Å². The smallest absolute Gasteiger partial charge is 0.107 e. The molecule has 0 spiro atoms. The van der Waals surface area contributed by atoms with E-state index in [1.54, 1.807) is 0 Å². The van der Waals surface area contributed by atoms with Crippen LogP contribution in [0.3, 0.4) is 0 Å². The maximum atomic E-state index is 4.26. The molecular formula is C15H27N3. The third-order valence-corrected chi connectivity index (χ3v) is 4.13. The quantitative estimate of drug-likeness (QED) is 0.760. The van der Waals surface area contributed by atoms with Crippen LogP contribution in [0.25, 0.3) is 0 Å². The SMILES string of the molecule is CCCC1CCCC(NCCc2ncc[nH]2)CC1. The van der Waals surface area contributed by atoms with Gasteiger partial charge in [-0.1, -0.05) is 32.6 Å². The Labute approximate surface area is 111 Å². The summed E-state index contributed by atoms with van der Waals surface area (Å²) in [5.41, 5.74) is 0. The van der Waals surface area contributed by atoms with E-state index in [1.807, 2.05) is 12.4 Å². The molecule has 1 fully saturated rings. The zero-order valence-corrected chi connectivity index (χ0v) is 11.6. The number of aromatic nitrogens is 2. The molecule has 1 aromatic rings. The predicted molar refractivity (Wildman–Crippen MR) is 75.6 cm³/mol. The number of nitrogens with zero attached hydrogens (tertiary/aromatic N) is 1. The Hall–Kier alpha value is -0.830. The normalized spacial score (nSPS) is 24.9. The van der Waals surface area contributed by atoms with Crippen LogP contribution in [0.5, 0.6) is 0 Å². The van der Waals surface area contributed by atoms with Gasteiger partial charge in [-0.25, -0.2) is 4.98 Å². The van der Waals surface area contributed by atoms with Gasteiger partial charge in [0.05, 0.1) is 0 Å². The molecule has 2 atom stereocenters. The molecular weight excluding hydrogens is 222 g/mol. The van der Waals surface area contributed by atoms with E-state index in [-0.39, 0.29) is 0 Å². The monoisotopic (exact) mass is 249 g/mol. The predicted octanol–water partition coefficient (Wildman–Crippen LogP) is 3.29. The van der Waals surface area contributed by atoms with Crippen molar-refractivity contribution in [1.29, 1.82) is 0 Å². The highest BCUT2D eigenvalue weighted by Crippen LogP contribution is 2.26. The van der Waals surface area contributed by atoms with E-state index < -0.39 is 0 Å². The second-order valence-corrected chi connectivity index (χ2v) is 5.60. The fourth-order valence-corrected chi connectivity index (χ4v) is 3.11. The van der Waals surface area contributed by atoms with Crippen molar-refractivity contribution in [3.63, 3.8) is 0 Å². The van der Waals surface area contributed by atoms with Crippen LogP contribution in [0.15, 0.2) is 12.4 Å². The van der Waals surface area contributed by atoms with Crippen molar-refractivity contribution in [3.05, 3.63) is 18.2 Å². The van der Waals surface area contributed by atoms with E-state index in [1.165, 1.54) is 44.9 Å². The molecule has 0 saturated heterocycles. The molecule has 3 nitrogen and oxygen atoms in total. The lowest BCUT2D eigenvalue weighted by Gasteiger charge is -2.16. The van der Waals surface area contributed by atoms with Crippen molar-refractivity contribution < 1.29 is 0 Å². The van der Waals surface area contributed by atoms with Gasteiger partial charge < -0.3 is 10.3 Å². The molecule has 0 amide bonds. The van der Waals surface area contributed by atoms with E-state index in [4.69, 9.17) is 0 Å². The number of nitrogens with one attached hydrogen (secondary N) is 2. The second kappa shape index (κ2) is 7.57. The van der Waals surface area contributed by atoms with Crippen molar-refractivity contribution in [2.45, 2.75) is 64.3 Å². The topological polar surface area (TPSA) is 40.7 Å². The number of hydrogen-bond acceptors (Lipinski definition) is 2. The van der Waals surface area contributed by atoms with Crippen LogP contribution < -0.4 is 5.32 Å². The molecule has 18 heavy (non-hydrogen) atoms. The molecule has 0 radical (unpaired) electrons. The Morgan fingerprint density at radius 2 is 2.28 bits per heavy atom. The van der Waals surface area contributed by atoms with Gasteiger partial charge in [0.25, 0.3) is 0 Å². The van der Waals surface area contributed by atoms with Crippen LogP contribution in [-0.4, -0.2) is 22.6 Å². The van der Waals surface area contributed by atoms with Gasteiger partial charge >= 0.3 is 0 Å². The van der Waals surface area contributed by atoms with Gasteiger partial charge in [0.1, 0.15) is 5.82 Å². The largest absolute Gasteiger partial charge is 0.349 e. The fourth-order valence-electron chi connectivity index (χ4n) is 3.11. The molecule has 2 unspecified atom stereocenters. The Balaban J connectivity index is 1.64. The molecule has 1 aromatic heterocycles. The lowest BCUT2D eigenvalue weighted by Crippen LogP contribution is -2.30. The van der Waals surface area contributed by atoms with Gasteiger partial charge in [0.2, 0.25) is 0 Å². The minimum Gasteiger partial charge on any atom is -0.349 e. The van der Waals surface area contributed by atoms with E-state index in [9.17, 15) is 0 Å². The summed E-state index contributed by atoms with van der Waals surface area (Å²) in [7, 11) is 0. The third kappa shape index (κ3) is 4.45. The van der Waals surface area contributed by atoms with Gasteiger partial charge in [-0.15, -0.1) is 0 Å². The summed E-state index contributed by atoms with van der Waals surface area (Å²) in [6.07, 6.45) is 14.5. The van der Waals surface area contributed by atoms with Crippen molar-refractivity contribution in [2.75, 3.05) is 6.54 Å². The van der Waals surface area contributed by atoms with E-state index in [2.05, 4.69) is 22.2 Å². The van der Waals surface area contributed by atoms with Crippen LogP contribution in [0, 0.1) is 5.92 Å². The highest BCUT2D eigenvalue weighted by atomic mass is 14.9. The summed E-state index contributed by atoms with van der Waals surface area (Å²) in [6.45, 7) is 3.36. The van der Waals surface area contributed by atoms with Gasteiger partial charge in [-0.2, -0.15) is 0 Å². The molecule has 2 rings (SSSR count). The van der Waals surface area contributed by atoms with E-state index in [0.717, 1.165) is 30.7 Å². The van der Waals surface area contributed by atoms with Gasteiger partial charge in [0, 0.05) is 31.4 Å². The molecule has 2 N–H and O–H groups in total. The second-order valence-electron chi connectivity index (χ2n) is 5.60. The molecule has 0 aliphatic heterocycles. The Morgan fingerprint density at radius 3 is 3.06 bits per heavy atom. The van der Waals surface area contributed by atoms with Crippen LogP contribution in [0.4, 0.5) is 0 Å². The lowest BCUT2D eigenvalue weighted by atomic mass is 9.95. The molecule has 1 heterocycles. The maximum absolute atomic E-state index is 4.26. The molecule has 1 aliphatic rings. The zero-order chi connectivity index (χ0) is 12.6. The third-order valence-electron chi connectivity index (χ3n) is 4.13. The number of H-pyrrole nitrogens is 1. The first kappa shape index (κ1) is 13.6. The summed E-state index contributed by atoms with van der Waals surface area (Å²) in [5.74, 6) is 2.09.